The van der Waals surface area contributed by atoms with Crippen LogP contribution >= 0.6 is 0 Å². The Labute approximate surface area is 183 Å². The second kappa shape index (κ2) is 11.1. The van der Waals surface area contributed by atoms with Crippen molar-refractivity contribution in [3.05, 3.63) is 47.4 Å². The topological polar surface area (TPSA) is 90.4 Å². The van der Waals surface area contributed by atoms with Crippen LogP contribution in [0.15, 0.2) is 30.6 Å². The number of nitrogens with one attached hydrogen (secondary N) is 1. The van der Waals surface area contributed by atoms with E-state index in [0.717, 1.165) is 24.0 Å². The molecule has 31 heavy (non-hydrogen) atoms. The SMILES string of the molecule is COC(=O)c1cc(C)nc(-c2cnccc2C#CCCCCNC(=O)OC(C)(C)C)c1. The summed E-state index contributed by atoms with van der Waals surface area (Å²) in [6.45, 7) is 7.86. The molecule has 0 aliphatic carbocycles. The Kier molecular flexibility index (Phi) is 8.56. The van der Waals surface area contributed by atoms with Crippen LogP contribution in [0, 0.1) is 18.8 Å². The summed E-state index contributed by atoms with van der Waals surface area (Å²) >= 11 is 0. The molecule has 0 unspecified atom stereocenters. The van der Waals surface area contributed by atoms with Gasteiger partial charge in [0.25, 0.3) is 0 Å². The molecule has 1 N–H and O–H groups in total. The van der Waals surface area contributed by atoms with Crippen molar-refractivity contribution in [2.24, 2.45) is 0 Å². The fourth-order valence-electron chi connectivity index (χ4n) is 2.75. The highest BCUT2D eigenvalue weighted by Gasteiger charge is 2.15. The second-order valence-corrected chi connectivity index (χ2v) is 7.98. The van der Waals surface area contributed by atoms with Gasteiger partial charge in [-0.3, -0.25) is 9.97 Å². The van der Waals surface area contributed by atoms with Gasteiger partial charge in [-0.05, 0) is 58.7 Å². The lowest BCUT2D eigenvalue weighted by Gasteiger charge is -2.19. The number of hydrogen-bond acceptors (Lipinski definition) is 6. The zero-order valence-electron chi connectivity index (χ0n) is 18.7. The summed E-state index contributed by atoms with van der Waals surface area (Å²) in [5.74, 6) is 5.91. The summed E-state index contributed by atoms with van der Waals surface area (Å²) < 4.78 is 10.0. The summed E-state index contributed by atoms with van der Waals surface area (Å²) in [6.07, 6.45) is 5.30. The smallest absolute Gasteiger partial charge is 0.407 e. The minimum Gasteiger partial charge on any atom is -0.465 e. The monoisotopic (exact) mass is 423 g/mol. The number of rotatable bonds is 6. The number of hydrogen-bond donors (Lipinski definition) is 1. The van der Waals surface area contributed by atoms with E-state index in [1.54, 1.807) is 24.5 Å². The number of nitrogens with zero attached hydrogens (tertiary/aromatic N) is 2. The standard InChI is InChI=1S/C24H29N3O4/c1-17-14-19(22(28)30-5)15-21(27-17)20-16-25-13-11-18(20)10-8-6-7-9-12-26-23(29)31-24(2,3)4/h11,13-16H,6-7,9,12H2,1-5H3,(H,26,29). The molecule has 2 aromatic heterocycles. The van der Waals surface area contributed by atoms with E-state index in [0.29, 0.717) is 29.9 Å². The molecule has 0 aliphatic heterocycles. The molecule has 0 atom stereocenters. The molecular weight excluding hydrogens is 394 g/mol. The Morgan fingerprint density at radius 1 is 1.19 bits per heavy atom. The van der Waals surface area contributed by atoms with E-state index < -0.39 is 17.7 Å². The number of amides is 1. The van der Waals surface area contributed by atoms with Crippen molar-refractivity contribution in [3.8, 4) is 23.1 Å². The van der Waals surface area contributed by atoms with Gasteiger partial charge in [0.2, 0.25) is 0 Å². The number of pyridine rings is 2. The average molecular weight is 424 g/mol. The number of carbonyl (C=O) groups is 2. The third kappa shape index (κ3) is 8.09. The van der Waals surface area contributed by atoms with Crippen LogP contribution in [0.4, 0.5) is 4.79 Å². The van der Waals surface area contributed by atoms with E-state index in [4.69, 9.17) is 9.47 Å². The van der Waals surface area contributed by atoms with Gasteiger partial charge in [0, 0.05) is 42.2 Å². The van der Waals surface area contributed by atoms with E-state index in [2.05, 4.69) is 27.1 Å². The number of carbonyl (C=O) groups excluding carboxylic acids is 2. The minimum absolute atomic E-state index is 0.406. The molecular formula is C24H29N3O4. The lowest BCUT2D eigenvalue weighted by Crippen LogP contribution is -2.32. The van der Waals surface area contributed by atoms with Crippen molar-refractivity contribution in [3.63, 3.8) is 0 Å². The Balaban J connectivity index is 1.97. The maximum absolute atomic E-state index is 11.9. The maximum Gasteiger partial charge on any atom is 0.407 e. The molecule has 0 fully saturated rings. The van der Waals surface area contributed by atoms with Gasteiger partial charge in [-0.25, -0.2) is 9.59 Å². The zero-order chi connectivity index (χ0) is 22.9. The molecule has 7 nitrogen and oxygen atoms in total. The van der Waals surface area contributed by atoms with Crippen molar-refractivity contribution in [2.75, 3.05) is 13.7 Å². The molecule has 1 amide bonds. The molecule has 0 aromatic carbocycles. The van der Waals surface area contributed by atoms with Crippen LogP contribution in [0.2, 0.25) is 0 Å². The van der Waals surface area contributed by atoms with Crippen molar-refractivity contribution in [1.82, 2.24) is 15.3 Å². The zero-order valence-corrected chi connectivity index (χ0v) is 18.7. The first kappa shape index (κ1) is 23.9. The van der Waals surface area contributed by atoms with Crippen molar-refractivity contribution < 1.29 is 19.1 Å². The highest BCUT2D eigenvalue weighted by atomic mass is 16.6. The summed E-state index contributed by atoms with van der Waals surface area (Å²) in [4.78, 5) is 32.2. The van der Waals surface area contributed by atoms with Gasteiger partial charge >= 0.3 is 12.1 Å². The van der Waals surface area contributed by atoms with Crippen LogP contribution in [-0.2, 0) is 9.47 Å². The van der Waals surface area contributed by atoms with Crippen LogP contribution < -0.4 is 5.32 Å². The van der Waals surface area contributed by atoms with Gasteiger partial charge in [-0.1, -0.05) is 11.8 Å². The van der Waals surface area contributed by atoms with Gasteiger partial charge in [0.1, 0.15) is 5.60 Å². The van der Waals surface area contributed by atoms with Gasteiger partial charge in [-0.2, -0.15) is 0 Å². The molecule has 0 saturated carbocycles. The van der Waals surface area contributed by atoms with Gasteiger partial charge < -0.3 is 14.8 Å². The number of unbranched alkanes of at least 4 members (excludes halogenated alkanes) is 2. The molecule has 2 rings (SSSR count). The molecule has 164 valence electrons. The quantitative estimate of drug-likeness (QED) is 0.424. The Morgan fingerprint density at radius 2 is 1.97 bits per heavy atom. The molecule has 0 radical (unpaired) electrons. The number of ether oxygens (including phenoxy) is 2. The van der Waals surface area contributed by atoms with Crippen molar-refractivity contribution >= 4 is 12.1 Å². The van der Waals surface area contributed by atoms with E-state index in [1.807, 2.05) is 33.8 Å². The van der Waals surface area contributed by atoms with E-state index in [1.165, 1.54) is 7.11 Å². The van der Waals surface area contributed by atoms with E-state index in [-0.39, 0.29) is 0 Å². The molecule has 0 bridgehead atoms. The molecule has 7 heteroatoms. The minimum atomic E-state index is -0.498. The number of alkyl carbamates (subject to hydrolysis) is 1. The van der Waals surface area contributed by atoms with E-state index in [9.17, 15) is 9.59 Å². The van der Waals surface area contributed by atoms with Crippen LogP contribution in [0.3, 0.4) is 0 Å². The van der Waals surface area contributed by atoms with Crippen LogP contribution in [0.25, 0.3) is 11.3 Å². The van der Waals surface area contributed by atoms with Crippen molar-refractivity contribution in [1.29, 1.82) is 0 Å². The number of aromatic nitrogens is 2. The highest BCUT2D eigenvalue weighted by Crippen LogP contribution is 2.22. The molecule has 0 saturated heterocycles. The van der Waals surface area contributed by atoms with Crippen LogP contribution in [-0.4, -0.2) is 41.3 Å². The first-order chi connectivity index (χ1) is 14.7. The fraction of sp³-hybridized carbons (Fsp3) is 0.417. The second-order valence-electron chi connectivity index (χ2n) is 7.98. The molecule has 0 aliphatic rings. The molecule has 2 aromatic rings. The predicted molar refractivity (Wildman–Crippen MR) is 119 cm³/mol. The maximum atomic E-state index is 11.9. The highest BCUT2D eigenvalue weighted by molar-refractivity contribution is 5.91. The third-order valence-corrected chi connectivity index (χ3v) is 4.09. The number of aryl methyl sites for hydroxylation is 1. The first-order valence-electron chi connectivity index (χ1n) is 10.2. The van der Waals surface area contributed by atoms with Crippen LogP contribution in [0.1, 0.15) is 61.6 Å². The molecule has 0 spiro atoms. The third-order valence-electron chi connectivity index (χ3n) is 4.09. The summed E-state index contributed by atoms with van der Waals surface area (Å²) in [5.41, 5.74) is 2.82. The fourth-order valence-corrected chi connectivity index (χ4v) is 2.75. The van der Waals surface area contributed by atoms with Gasteiger partial charge in [0.05, 0.1) is 18.4 Å². The lowest BCUT2D eigenvalue weighted by atomic mass is 10.0. The Morgan fingerprint density at radius 3 is 2.68 bits per heavy atom. The van der Waals surface area contributed by atoms with Gasteiger partial charge in [0.15, 0.2) is 0 Å². The summed E-state index contributed by atoms with van der Waals surface area (Å²) in [7, 11) is 1.35. The van der Waals surface area contributed by atoms with E-state index >= 15 is 0 Å². The average Bonchev–Trinajstić information content (AvgIpc) is 2.71. The summed E-state index contributed by atoms with van der Waals surface area (Å²) in [5, 5.41) is 2.74. The van der Waals surface area contributed by atoms with Gasteiger partial charge in [-0.15, -0.1) is 0 Å². The lowest BCUT2D eigenvalue weighted by molar-refractivity contribution is 0.0525. The Bertz CT molecular complexity index is 984. The number of methoxy groups -OCH3 is 1. The first-order valence-corrected chi connectivity index (χ1v) is 10.2. The summed E-state index contributed by atoms with van der Waals surface area (Å²) in [6, 6.07) is 5.19. The normalized spacial score (nSPS) is 10.6. The number of esters is 1. The Hall–Kier alpha value is -3.40. The largest absolute Gasteiger partial charge is 0.465 e. The predicted octanol–water partition coefficient (Wildman–Crippen LogP) is 4.29. The molecule has 2 heterocycles. The van der Waals surface area contributed by atoms with Crippen LogP contribution in [0.5, 0.6) is 0 Å². The van der Waals surface area contributed by atoms with Crippen molar-refractivity contribution in [2.45, 2.75) is 52.6 Å².